The van der Waals surface area contributed by atoms with Crippen LogP contribution in [-0.2, 0) is 94.4 Å². The van der Waals surface area contributed by atoms with Gasteiger partial charge in [-0.1, -0.05) is 0 Å². The molecule has 7 heteroatoms. The Hall–Kier alpha value is 5.86. The second-order valence-corrected chi connectivity index (χ2v) is 0. The van der Waals surface area contributed by atoms with Gasteiger partial charge in [-0.05, 0) is 0 Å². The molecule has 0 N–H and O–H groups in total. The van der Waals surface area contributed by atoms with Gasteiger partial charge in [-0.15, -0.1) is 0 Å². The first-order valence-corrected chi connectivity index (χ1v) is 0. The molecule has 0 bridgehead atoms. The van der Waals surface area contributed by atoms with Crippen LogP contribution in [0.4, 0.5) is 0 Å². The van der Waals surface area contributed by atoms with Gasteiger partial charge < -0.3 is 0 Å². The van der Waals surface area contributed by atoms with Crippen LogP contribution in [0.1, 0.15) is 0 Å². The fourth-order valence-corrected chi connectivity index (χ4v) is 0. The van der Waals surface area contributed by atoms with Crippen LogP contribution in [0.2, 0.25) is 0 Å². The molecule has 0 aromatic carbocycles. The maximum absolute atomic E-state index is 0. The number of hydrogen-bond donors (Lipinski definition) is 0. The Bertz CT molecular complexity index is 12.9. The first-order chi connectivity index (χ1) is 0. The van der Waals surface area contributed by atoms with E-state index in [1.54, 1.807) is 0 Å². The smallest absolute Gasteiger partial charge is 0 e. The van der Waals surface area contributed by atoms with Crippen LogP contribution >= 0.6 is 0 Å². The predicted octanol–water partition coefficient (Wildman–Crippen LogP) is -1.15. The molecule has 0 saturated heterocycles. The largest absolute Gasteiger partial charge is 3.00 e. The maximum atomic E-state index is 0. The van der Waals surface area contributed by atoms with E-state index in [0.717, 1.165) is 0 Å². The van der Waals surface area contributed by atoms with Gasteiger partial charge in [0.2, 0.25) is 0 Å². The zero-order chi connectivity index (χ0) is 0. The monoisotopic (exact) mass is 1240 g/mol. The minimum absolute atomic E-state index is 0. The third kappa shape index (κ3) is 33.6. The van der Waals surface area contributed by atoms with Gasteiger partial charge in [-0.3, -0.25) is 0 Å². The molecule has 0 aliphatic rings. The van der Waals surface area contributed by atoms with Gasteiger partial charge in [-0.2, -0.15) is 0 Å². The van der Waals surface area contributed by atoms with E-state index in [-0.39, 0.29) is 175 Å². The first-order valence-electron chi connectivity index (χ1n) is 0. The van der Waals surface area contributed by atoms with Gasteiger partial charge in [-0.25, -0.2) is 0 Å². The van der Waals surface area contributed by atoms with Crippen molar-refractivity contribution < 1.29 is 94.4 Å². The minimum Gasteiger partial charge on any atom is 0 e. The third-order valence-corrected chi connectivity index (χ3v) is 0. The summed E-state index contributed by atoms with van der Waals surface area (Å²) in [7, 11) is 0. The quantitative estimate of drug-likeness (QED) is 0.270. The molecule has 0 amide bonds. The zero-order valence-electron chi connectivity index (χ0n) is 3.19. The van der Waals surface area contributed by atoms with Crippen LogP contribution in [0.5, 0.6) is 0 Å². The van der Waals surface area contributed by atoms with E-state index in [1.165, 1.54) is 0 Å². The van der Waals surface area contributed by atoms with Crippen LogP contribution in [0, 0.1) is 0 Å². The molecule has 0 aliphatic carbocycles. The molecule has 8 radical (unpaired) electrons. The third-order valence-electron chi connectivity index (χ3n) is 0. The summed E-state index contributed by atoms with van der Waals surface area (Å²) >= 11 is 0. The Morgan fingerprint density at radius 3 is 0.571 bits per heavy atom. The average molecular weight is 1230 g/mol. The Balaban J connectivity index is 0. The molecule has 7 heavy (non-hydrogen) atoms. The summed E-state index contributed by atoms with van der Waals surface area (Å²) in [5, 5.41) is 0. The fourth-order valence-electron chi connectivity index (χ4n) is 0. The van der Waals surface area contributed by atoms with Crippen molar-refractivity contribution in [1.29, 1.82) is 0 Å². The molecule has 0 aromatic rings. The molecule has 0 aromatic heterocycles. The Kier molecular flexibility index (Phi) is 307. The second kappa shape index (κ2) is 40.7. The topological polar surface area (TPSA) is 0 Å². The Morgan fingerprint density at radius 2 is 0.571 bits per heavy atom. The van der Waals surface area contributed by atoms with Crippen molar-refractivity contribution in [3.05, 3.63) is 0 Å². The van der Waals surface area contributed by atoms with Gasteiger partial charge in [0.15, 0.2) is 0 Å². The second-order valence-electron chi connectivity index (χ2n) is 0. The molecule has 0 aliphatic heterocycles. The van der Waals surface area contributed by atoms with Crippen LogP contribution in [0.15, 0.2) is 0 Å². The van der Waals surface area contributed by atoms with E-state index in [0.29, 0.717) is 0 Å². The predicted molar refractivity (Wildman–Crippen MR) is 17.3 cm³/mol. The van der Waals surface area contributed by atoms with E-state index in [4.69, 9.17) is 0 Å². The maximum Gasteiger partial charge on any atom is 3.00 e. The molecule has 0 spiro atoms. The summed E-state index contributed by atoms with van der Waals surface area (Å²) in [4.78, 5) is 0. The van der Waals surface area contributed by atoms with E-state index in [9.17, 15) is 0 Å². The summed E-state index contributed by atoms with van der Waals surface area (Å²) in [5.41, 5.74) is 0. The molecule has 0 rings (SSSR count). The summed E-state index contributed by atoms with van der Waals surface area (Å²) in [5.74, 6) is 0. The number of rotatable bonds is 0. The summed E-state index contributed by atoms with van der Waals surface area (Å²) in [6.07, 6.45) is 0. The van der Waals surface area contributed by atoms with Gasteiger partial charge in [0.25, 0.3) is 0 Å². The van der Waals surface area contributed by atoms with Crippen LogP contribution in [0.25, 0.3) is 0 Å². The van der Waals surface area contributed by atoms with Gasteiger partial charge in [0.05, 0.1) is 0 Å². The summed E-state index contributed by atoms with van der Waals surface area (Å²) in [6, 6.07) is 0. The molecule has 0 nitrogen and oxygen atoms in total. The van der Waals surface area contributed by atoms with Crippen LogP contribution in [-0.4, -0.2) is 80.4 Å². The van der Waals surface area contributed by atoms with Gasteiger partial charge >= 0.3 is 120 Å². The van der Waals surface area contributed by atoms with Crippen molar-refractivity contribution >= 4 is 80.4 Å². The molecule has 0 unspecified atom stereocenters. The Morgan fingerprint density at radius 1 is 0.571 bits per heavy atom. The molecule has 0 heterocycles. The summed E-state index contributed by atoms with van der Waals surface area (Å²) in [6.45, 7) is 0. The molecular weight excluding hydrogens is 1230 g/mol. The van der Waals surface area contributed by atoms with Gasteiger partial charge in [0, 0.05) is 54.6 Å². The van der Waals surface area contributed by atoms with Crippen LogP contribution < -0.4 is 0 Å². The normalized spacial score (nSPS) is 0. The molecule has 38 valence electrons. The van der Waals surface area contributed by atoms with Crippen molar-refractivity contribution in [2.45, 2.75) is 0 Å². The Labute approximate surface area is 170 Å². The molecule has 0 fully saturated rings. The first kappa shape index (κ1) is 52.7. The van der Waals surface area contributed by atoms with Crippen LogP contribution in [0.3, 0.4) is 0 Å². The van der Waals surface area contributed by atoms with Crippen molar-refractivity contribution in [2.75, 3.05) is 0 Å². The molecule has 0 atom stereocenters. The average Bonchev–Trinajstić information content (AvgIpc) is 0. The zero-order valence-corrected chi connectivity index (χ0v) is 24.8. The van der Waals surface area contributed by atoms with Crippen molar-refractivity contribution in [2.24, 2.45) is 0 Å². The van der Waals surface area contributed by atoms with Crippen molar-refractivity contribution in [1.82, 2.24) is 0 Å². The van der Waals surface area contributed by atoms with E-state index in [1.807, 2.05) is 0 Å². The van der Waals surface area contributed by atoms with E-state index >= 15 is 0 Å². The SMILES string of the molecule is [Au+].[Au+].[Au+].[Cd+2].[In+3].[Pb].[Pb]. The standard InChI is InChI=1S/3Au.Cd.In.2Pb/q3*+1;+2;+3;;. The molecular formula is Au3CdInPb2+8. The van der Waals surface area contributed by atoms with E-state index in [2.05, 4.69) is 0 Å². The van der Waals surface area contributed by atoms with Gasteiger partial charge in [0.1, 0.15) is 0 Å². The van der Waals surface area contributed by atoms with Crippen molar-refractivity contribution in [3.8, 4) is 0 Å². The van der Waals surface area contributed by atoms with E-state index < -0.39 is 0 Å². The molecule has 0 saturated carbocycles. The fraction of sp³-hybridized carbons (Fsp3) is 0. The van der Waals surface area contributed by atoms with Crippen molar-refractivity contribution in [3.63, 3.8) is 0 Å². The summed E-state index contributed by atoms with van der Waals surface area (Å²) < 4.78 is 0. The number of hydrogen-bond acceptors (Lipinski definition) is 0. The minimum atomic E-state index is 0.